The molecule has 0 aliphatic heterocycles. The van der Waals surface area contributed by atoms with Gasteiger partial charge in [-0.1, -0.05) is 13.8 Å². The predicted molar refractivity (Wildman–Crippen MR) is 121 cm³/mol. The van der Waals surface area contributed by atoms with Gasteiger partial charge in [0.2, 0.25) is 17.7 Å². The number of carbonyl (C=O) groups excluding carboxylic acids is 3. The highest BCUT2D eigenvalue weighted by Crippen LogP contribution is 2.06. The van der Waals surface area contributed by atoms with E-state index >= 15 is 0 Å². The topological polar surface area (TPSA) is 290 Å². The summed E-state index contributed by atoms with van der Waals surface area (Å²) in [4.78, 5) is 74.6. The molecule has 35 heavy (non-hydrogen) atoms. The van der Waals surface area contributed by atoms with Gasteiger partial charge in [-0.25, -0.2) is 4.79 Å². The minimum atomic E-state index is -1.76. The van der Waals surface area contributed by atoms with Crippen LogP contribution in [0.2, 0.25) is 0 Å². The molecule has 0 rings (SSSR count). The van der Waals surface area contributed by atoms with Crippen molar-refractivity contribution in [1.82, 2.24) is 16.0 Å². The molecular formula is C19H33N7O9. The summed E-state index contributed by atoms with van der Waals surface area (Å²) >= 11 is 0. The second kappa shape index (κ2) is 15.0. The number of hydrogen-bond acceptors (Lipinski definition) is 8. The number of aliphatic carboxylic acids is 3. The number of amides is 3. The van der Waals surface area contributed by atoms with Crippen LogP contribution in [0.5, 0.6) is 0 Å². The molecule has 0 fully saturated rings. The van der Waals surface area contributed by atoms with Crippen LogP contribution in [0, 0.1) is 5.92 Å². The number of aliphatic imine (C=N–C) groups is 1. The molecule has 16 heteroatoms. The van der Waals surface area contributed by atoms with E-state index in [9.17, 15) is 28.8 Å². The minimum absolute atomic E-state index is 0.126. The van der Waals surface area contributed by atoms with E-state index in [2.05, 4.69) is 15.6 Å². The van der Waals surface area contributed by atoms with Crippen molar-refractivity contribution < 1.29 is 44.1 Å². The summed E-state index contributed by atoms with van der Waals surface area (Å²) in [5, 5.41) is 33.6. The van der Waals surface area contributed by atoms with Crippen LogP contribution in [0.1, 0.15) is 39.5 Å². The fourth-order valence-corrected chi connectivity index (χ4v) is 2.74. The summed E-state index contributed by atoms with van der Waals surface area (Å²) in [5.74, 6) is -8.11. The minimum Gasteiger partial charge on any atom is -0.481 e. The molecule has 0 bridgehead atoms. The van der Waals surface area contributed by atoms with Crippen molar-refractivity contribution in [2.24, 2.45) is 28.1 Å². The van der Waals surface area contributed by atoms with Crippen LogP contribution in [0.3, 0.4) is 0 Å². The van der Waals surface area contributed by atoms with Crippen molar-refractivity contribution >= 4 is 41.6 Å². The van der Waals surface area contributed by atoms with Gasteiger partial charge >= 0.3 is 17.9 Å². The molecule has 0 spiro atoms. The maximum absolute atomic E-state index is 12.7. The predicted octanol–water partition coefficient (Wildman–Crippen LogP) is -3.49. The van der Waals surface area contributed by atoms with Gasteiger partial charge in [0.25, 0.3) is 0 Å². The van der Waals surface area contributed by atoms with Gasteiger partial charge in [-0.2, -0.15) is 0 Å². The van der Waals surface area contributed by atoms with E-state index in [0.29, 0.717) is 6.42 Å². The largest absolute Gasteiger partial charge is 0.481 e. The Morgan fingerprint density at radius 3 is 1.77 bits per heavy atom. The van der Waals surface area contributed by atoms with Crippen LogP contribution in [-0.4, -0.2) is 87.6 Å². The Balaban J connectivity index is 5.36. The van der Waals surface area contributed by atoms with Gasteiger partial charge in [-0.15, -0.1) is 0 Å². The Hall–Kier alpha value is -3.95. The van der Waals surface area contributed by atoms with Gasteiger partial charge in [-0.05, 0) is 18.8 Å². The van der Waals surface area contributed by atoms with Crippen LogP contribution in [0.4, 0.5) is 0 Å². The van der Waals surface area contributed by atoms with Crippen molar-refractivity contribution in [3.63, 3.8) is 0 Å². The zero-order valence-corrected chi connectivity index (χ0v) is 19.4. The lowest BCUT2D eigenvalue weighted by Crippen LogP contribution is -2.58. The van der Waals surface area contributed by atoms with Gasteiger partial charge in [0, 0.05) is 6.54 Å². The molecule has 0 aliphatic carbocycles. The van der Waals surface area contributed by atoms with Gasteiger partial charge in [0.15, 0.2) is 5.96 Å². The molecular weight excluding hydrogens is 470 g/mol. The van der Waals surface area contributed by atoms with E-state index in [4.69, 9.17) is 32.5 Å². The first-order valence-corrected chi connectivity index (χ1v) is 10.5. The monoisotopic (exact) mass is 503 g/mol. The maximum Gasteiger partial charge on any atom is 0.326 e. The number of nitrogens with one attached hydrogen (secondary N) is 3. The number of guanidine groups is 1. The third kappa shape index (κ3) is 12.8. The highest BCUT2D eigenvalue weighted by Gasteiger charge is 2.33. The lowest BCUT2D eigenvalue weighted by Gasteiger charge is -2.26. The molecule has 0 radical (unpaired) electrons. The zero-order valence-electron chi connectivity index (χ0n) is 19.4. The summed E-state index contributed by atoms with van der Waals surface area (Å²) in [6.07, 6.45) is -1.28. The smallest absolute Gasteiger partial charge is 0.326 e. The summed E-state index contributed by atoms with van der Waals surface area (Å²) in [6.45, 7) is 3.22. The first-order chi connectivity index (χ1) is 16.1. The number of carboxylic acid groups (broad SMARTS) is 3. The second-order valence-corrected chi connectivity index (χ2v) is 7.94. The van der Waals surface area contributed by atoms with E-state index in [-0.39, 0.29) is 18.9 Å². The highest BCUT2D eigenvalue weighted by molar-refractivity contribution is 5.96. The van der Waals surface area contributed by atoms with Gasteiger partial charge in [0.1, 0.15) is 18.1 Å². The molecule has 198 valence electrons. The van der Waals surface area contributed by atoms with Crippen LogP contribution < -0.4 is 33.2 Å². The van der Waals surface area contributed by atoms with Gasteiger partial charge in [0.05, 0.1) is 18.9 Å². The Kier molecular flexibility index (Phi) is 13.4. The number of nitrogens with two attached hydrogens (primary N) is 3. The lowest BCUT2D eigenvalue weighted by atomic mass is 10.0. The number of nitrogens with zero attached hydrogens (tertiary/aromatic N) is 1. The maximum atomic E-state index is 12.7. The number of carboxylic acids is 3. The summed E-state index contributed by atoms with van der Waals surface area (Å²) < 4.78 is 0. The Labute approximate surface area is 200 Å². The lowest BCUT2D eigenvalue weighted by molar-refractivity contribution is -0.147. The third-order valence-corrected chi connectivity index (χ3v) is 4.56. The van der Waals surface area contributed by atoms with Crippen LogP contribution in [0.25, 0.3) is 0 Å². The van der Waals surface area contributed by atoms with E-state index < -0.39 is 78.6 Å². The van der Waals surface area contributed by atoms with Crippen LogP contribution >= 0.6 is 0 Å². The van der Waals surface area contributed by atoms with E-state index in [0.717, 1.165) is 0 Å². The molecule has 12 N–H and O–H groups in total. The molecule has 4 unspecified atom stereocenters. The number of carbonyl (C=O) groups is 6. The third-order valence-electron chi connectivity index (χ3n) is 4.56. The van der Waals surface area contributed by atoms with Gasteiger partial charge < -0.3 is 48.5 Å². The first kappa shape index (κ1) is 31.0. The standard InChI is InChI=1S/C19H33N7O9/c1-8(2)14(17(33)25-11(18(34)35)7-13(29)30)26-16(32)10(6-12(27)28)24-15(31)9(20)4-3-5-23-19(21)22/h8-11,14H,3-7,20H2,1-2H3,(H,24,31)(H,25,33)(H,26,32)(H,27,28)(H,29,30)(H,34,35)(H4,21,22,23). The Bertz CT molecular complexity index is 827. The average molecular weight is 504 g/mol. The molecule has 0 aliphatic rings. The van der Waals surface area contributed by atoms with Gasteiger partial charge in [-0.3, -0.25) is 29.0 Å². The molecule has 0 heterocycles. The summed E-state index contributed by atoms with van der Waals surface area (Å²) in [7, 11) is 0. The highest BCUT2D eigenvalue weighted by atomic mass is 16.4. The second-order valence-electron chi connectivity index (χ2n) is 7.94. The zero-order chi connectivity index (χ0) is 27.3. The van der Waals surface area contributed by atoms with Crippen molar-refractivity contribution in [3.05, 3.63) is 0 Å². The number of rotatable bonds is 16. The molecule has 0 saturated carbocycles. The molecule has 16 nitrogen and oxygen atoms in total. The van der Waals surface area contributed by atoms with Crippen molar-refractivity contribution in [3.8, 4) is 0 Å². The van der Waals surface area contributed by atoms with Crippen molar-refractivity contribution in [2.45, 2.75) is 63.7 Å². The Morgan fingerprint density at radius 1 is 0.800 bits per heavy atom. The SMILES string of the molecule is CC(C)C(NC(=O)C(CC(=O)O)NC(=O)C(N)CCCN=C(N)N)C(=O)NC(CC(=O)O)C(=O)O. The van der Waals surface area contributed by atoms with E-state index in [1.165, 1.54) is 13.8 Å². The molecule has 3 amide bonds. The summed E-state index contributed by atoms with van der Waals surface area (Å²) in [6, 6.07) is -5.83. The fraction of sp³-hybridized carbons (Fsp3) is 0.632. The number of hydrogen-bond donors (Lipinski definition) is 9. The summed E-state index contributed by atoms with van der Waals surface area (Å²) in [5.41, 5.74) is 16.1. The first-order valence-electron chi connectivity index (χ1n) is 10.5. The molecule has 0 saturated heterocycles. The van der Waals surface area contributed by atoms with Crippen molar-refractivity contribution in [1.29, 1.82) is 0 Å². The quantitative estimate of drug-likeness (QED) is 0.0563. The molecule has 0 aromatic rings. The normalized spacial score (nSPS) is 14.1. The van der Waals surface area contributed by atoms with Crippen LogP contribution in [-0.2, 0) is 28.8 Å². The van der Waals surface area contributed by atoms with Crippen LogP contribution in [0.15, 0.2) is 4.99 Å². The van der Waals surface area contributed by atoms with Crippen molar-refractivity contribution in [2.75, 3.05) is 6.54 Å². The Morgan fingerprint density at radius 2 is 1.31 bits per heavy atom. The van der Waals surface area contributed by atoms with E-state index in [1.807, 2.05) is 5.32 Å². The fourth-order valence-electron chi connectivity index (χ4n) is 2.74. The molecule has 4 atom stereocenters. The average Bonchev–Trinajstić information content (AvgIpc) is 2.72. The molecule has 0 aromatic carbocycles. The van der Waals surface area contributed by atoms with E-state index in [1.54, 1.807) is 0 Å². The molecule has 0 aromatic heterocycles.